The van der Waals surface area contributed by atoms with Gasteiger partial charge in [-0.3, -0.25) is 10.1 Å². The van der Waals surface area contributed by atoms with E-state index in [1.165, 1.54) is 41.7 Å². The molecule has 0 bridgehead atoms. The molecule has 24 heavy (non-hydrogen) atoms. The van der Waals surface area contributed by atoms with E-state index in [-0.39, 0.29) is 5.69 Å². The second kappa shape index (κ2) is 8.59. The molecule has 6 nitrogen and oxygen atoms in total. The Hall–Kier alpha value is -3.00. The lowest BCUT2D eigenvalue weighted by Crippen LogP contribution is -2.37. The van der Waals surface area contributed by atoms with Crippen LogP contribution in [0.15, 0.2) is 47.2 Å². The minimum atomic E-state index is -0.921. The first-order chi connectivity index (χ1) is 11.5. The summed E-state index contributed by atoms with van der Waals surface area (Å²) in [5.41, 5.74) is 0.768. The van der Waals surface area contributed by atoms with E-state index in [4.69, 9.17) is 0 Å². The van der Waals surface area contributed by atoms with Crippen LogP contribution in [0.4, 0.5) is 14.9 Å². The van der Waals surface area contributed by atoms with Gasteiger partial charge in [0.15, 0.2) is 6.61 Å². The van der Waals surface area contributed by atoms with E-state index in [1.54, 1.807) is 6.08 Å². The number of benzene rings is 1. The Balaban J connectivity index is 1.73. The molecule has 124 valence electrons. The van der Waals surface area contributed by atoms with Gasteiger partial charge in [0.25, 0.3) is 5.91 Å². The van der Waals surface area contributed by atoms with E-state index in [0.717, 1.165) is 5.56 Å². The number of imide groups is 1. The van der Waals surface area contributed by atoms with E-state index in [1.807, 2.05) is 22.1 Å². The number of carbonyl (C=O) groups is 3. The SMILES string of the molecule is O=C(COC(=O)C=Cc1ccsc1)NC(=O)Nc1ccccc1F. The number of anilines is 1. The highest BCUT2D eigenvalue weighted by atomic mass is 32.1. The highest BCUT2D eigenvalue weighted by molar-refractivity contribution is 7.08. The Kier molecular flexibility index (Phi) is 6.21. The van der Waals surface area contributed by atoms with Crippen molar-refractivity contribution in [1.82, 2.24) is 5.32 Å². The molecule has 1 aromatic carbocycles. The van der Waals surface area contributed by atoms with Gasteiger partial charge in [0.1, 0.15) is 5.82 Å². The molecular weight excluding hydrogens is 335 g/mol. The van der Waals surface area contributed by atoms with Crippen LogP contribution < -0.4 is 10.6 Å². The fraction of sp³-hybridized carbons (Fsp3) is 0.0625. The Bertz CT molecular complexity index is 759. The molecule has 0 saturated heterocycles. The third-order valence-electron chi connectivity index (χ3n) is 2.68. The maximum atomic E-state index is 13.3. The van der Waals surface area contributed by atoms with Crippen molar-refractivity contribution in [3.05, 3.63) is 58.5 Å². The van der Waals surface area contributed by atoms with Gasteiger partial charge in [0.2, 0.25) is 0 Å². The lowest BCUT2D eigenvalue weighted by atomic mass is 10.3. The highest BCUT2D eigenvalue weighted by Gasteiger charge is 2.11. The Morgan fingerprint density at radius 2 is 2.00 bits per heavy atom. The molecule has 0 spiro atoms. The van der Waals surface area contributed by atoms with Crippen LogP contribution in [0.1, 0.15) is 5.56 Å². The molecule has 0 saturated carbocycles. The molecule has 8 heteroatoms. The van der Waals surface area contributed by atoms with Crippen LogP contribution in [0.25, 0.3) is 6.08 Å². The molecule has 0 atom stereocenters. The zero-order chi connectivity index (χ0) is 17.4. The molecule has 1 heterocycles. The number of carbonyl (C=O) groups excluding carboxylic acids is 3. The number of rotatable bonds is 5. The molecule has 0 aliphatic heterocycles. The molecule has 2 rings (SSSR count). The number of urea groups is 1. The third-order valence-corrected chi connectivity index (χ3v) is 3.38. The standard InChI is InChI=1S/C16H13FN2O4S/c17-12-3-1-2-4-13(12)18-16(22)19-14(20)9-23-15(21)6-5-11-7-8-24-10-11/h1-8,10H,9H2,(H2,18,19,20,22). The smallest absolute Gasteiger partial charge is 0.331 e. The van der Waals surface area contributed by atoms with Gasteiger partial charge < -0.3 is 10.1 Å². The second-order valence-electron chi connectivity index (χ2n) is 4.48. The maximum absolute atomic E-state index is 13.3. The topological polar surface area (TPSA) is 84.5 Å². The Labute approximate surface area is 140 Å². The summed E-state index contributed by atoms with van der Waals surface area (Å²) in [5, 5.41) is 7.79. The summed E-state index contributed by atoms with van der Waals surface area (Å²) in [6.45, 7) is -0.627. The third kappa shape index (κ3) is 5.65. The van der Waals surface area contributed by atoms with Gasteiger partial charge in [0.05, 0.1) is 5.69 Å². The van der Waals surface area contributed by atoms with Crippen LogP contribution in [-0.4, -0.2) is 24.5 Å². The average Bonchev–Trinajstić information content (AvgIpc) is 3.06. The first kappa shape index (κ1) is 17.4. The van der Waals surface area contributed by atoms with Crippen molar-refractivity contribution >= 4 is 41.0 Å². The predicted molar refractivity (Wildman–Crippen MR) is 87.9 cm³/mol. The van der Waals surface area contributed by atoms with Crippen molar-refractivity contribution in [3.8, 4) is 0 Å². The van der Waals surface area contributed by atoms with Gasteiger partial charge in [-0.2, -0.15) is 11.3 Å². The highest BCUT2D eigenvalue weighted by Crippen LogP contribution is 2.11. The summed E-state index contributed by atoms with van der Waals surface area (Å²) < 4.78 is 18.0. The van der Waals surface area contributed by atoms with E-state index in [2.05, 4.69) is 10.1 Å². The zero-order valence-corrected chi connectivity index (χ0v) is 13.1. The number of hydrogen-bond donors (Lipinski definition) is 2. The largest absolute Gasteiger partial charge is 0.452 e. The fourth-order valence-corrected chi connectivity index (χ4v) is 2.23. The maximum Gasteiger partial charge on any atom is 0.331 e. The number of ether oxygens (including phenoxy) is 1. The predicted octanol–water partition coefficient (Wildman–Crippen LogP) is 2.79. The van der Waals surface area contributed by atoms with Gasteiger partial charge in [-0.15, -0.1) is 0 Å². The monoisotopic (exact) mass is 348 g/mol. The Morgan fingerprint density at radius 1 is 1.21 bits per heavy atom. The van der Waals surface area contributed by atoms with Gasteiger partial charge >= 0.3 is 12.0 Å². The van der Waals surface area contributed by atoms with Crippen molar-refractivity contribution in [2.45, 2.75) is 0 Å². The second-order valence-corrected chi connectivity index (χ2v) is 5.26. The number of para-hydroxylation sites is 1. The number of amides is 3. The molecule has 0 unspecified atom stereocenters. The van der Waals surface area contributed by atoms with E-state index in [9.17, 15) is 18.8 Å². The van der Waals surface area contributed by atoms with E-state index in [0.29, 0.717) is 0 Å². The van der Waals surface area contributed by atoms with Crippen LogP contribution in [0.3, 0.4) is 0 Å². The lowest BCUT2D eigenvalue weighted by molar-refractivity contribution is -0.143. The van der Waals surface area contributed by atoms with Gasteiger partial charge in [-0.05, 0) is 40.6 Å². The fourth-order valence-electron chi connectivity index (χ4n) is 1.60. The average molecular weight is 348 g/mol. The first-order valence-electron chi connectivity index (χ1n) is 6.77. The number of esters is 1. The van der Waals surface area contributed by atoms with Crippen molar-refractivity contribution in [2.24, 2.45) is 0 Å². The summed E-state index contributed by atoms with van der Waals surface area (Å²) >= 11 is 1.48. The van der Waals surface area contributed by atoms with Crippen molar-refractivity contribution in [2.75, 3.05) is 11.9 Å². The number of nitrogens with one attached hydrogen (secondary N) is 2. The summed E-state index contributed by atoms with van der Waals surface area (Å²) in [7, 11) is 0. The zero-order valence-electron chi connectivity index (χ0n) is 12.3. The summed E-state index contributed by atoms with van der Waals surface area (Å²) in [6.07, 6.45) is 2.72. The van der Waals surface area contributed by atoms with Crippen molar-refractivity contribution in [3.63, 3.8) is 0 Å². The molecule has 0 fully saturated rings. The quantitative estimate of drug-likeness (QED) is 0.643. The molecular formula is C16H13FN2O4S. The van der Waals surface area contributed by atoms with Crippen LogP contribution in [0.2, 0.25) is 0 Å². The molecule has 0 aliphatic carbocycles. The first-order valence-corrected chi connectivity index (χ1v) is 7.71. The number of hydrogen-bond acceptors (Lipinski definition) is 5. The summed E-state index contributed by atoms with van der Waals surface area (Å²) in [6, 6.07) is 6.39. The van der Waals surface area contributed by atoms with Gasteiger partial charge in [-0.25, -0.2) is 14.0 Å². The van der Waals surface area contributed by atoms with Crippen LogP contribution in [0.5, 0.6) is 0 Å². The molecule has 1 aromatic heterocycles. The minimum absolute atomic E-state index is 0.0708. The van der Waals surface area contributed by atoms with Gasteiger partial charge in [0, 0.05) is 6.08 Å². The van der Waals surface area contributed by atoms with Crippen molar-refractivity contribution < 1.29 is 23.5 Å². The molecule has 2 aromatic rings. The molecule has 0 aliphatic rings. The van der Waals surface area contributed by atoms with Crippen LogP contribution in [-0.2, 0) is 14.3 Å². The van der Waals surface area contributed by atoms with E-state index < -0.39 is 30.3 Å². The van der Waals surface area contributed by atoms with Crippen molar-refractivity contribution in [1.29, 1.82) is 0 Å². The Morgan fingerprint density at radius 3 is 2.71 bits per heavy atom. The lowest BCUT2D eigenvalue weighted by Gasteiger charge is -2.07. The molecule has 0 radical (unpaired) electrons. The minimum Gasteiger partial charge on any atom is -0.452 e. The van der Waals surface area contributed by atoms with Crippen LogP contribution >= 0.6 is 11.3 Å². The van der Waals surface area contributed by atoms with Crippen LogP contribution in [0, 0.1) is 5.82 Å². The molecule has 3 amide bonds. The summed E-state index contributed by atoms with van der Waals surface area (Å²) in [4.78, 5) is 34.5. The van der Waals surface area contributed by atoms with E-state index >= 15 is 0 Å². The molecule has 2 N–H and O–H groups in total. The van der Waals surface area contributed by atoms with Gasteiger partial charge in [-0.1, -0.05) is 12.1 Å². The summed E-state index contributed by atoms with van der Waals surface area (Å²) in [5.74, 6) is -2.18. The number of halogens is 1. The number of thiophene rings is 1. The normalized spacial score (nSPS) is 10.4.